The van der Waals surface area contributed by atoms with Crippen LogP contribution in [-0.2, 0) is 6.18 Å². The molecule has 0 aliphatic carbocycles. The smallest absolute Gasteiger partial charge is 0.345 e. The largest absolute Gasteiger partial charge is 0.435 e. The number of alkyl halides is 3. The molecule has 3 heterocycles. The van der Waals surface area contributed by atoms with E-state index in [0.717, 1.165) is 27.5 Å². The molecule has 0 aliphatic heterocycles. The lowest BCUT2D eigenvalue weighted by molar-refractivity contribution is -0.140. The highest BCUT2D eigenvalue weighted by atomic mass is 19.4. The molecule has 0 unspecified atom stereocenters. The van der Waals surface area contributed by atoms with Gasteiger partial charge in [-0.05, 0) is 29.3 Å². The van der Waals surface area contributed by atoms with E-state index in [2.05, 4.69) is 25.1 Å². The number of aromatic nitrogens is 5. The molecule has 5 rings (SSSR count). The monoisotopic (exact) mass is 379 g/mol. The first-order chi connectivity index (χ1) is 13.5. The number of aromatic amines is 2. The first-order valence-electron chi connectivity index (χ1n) is 8.46. The molecular weight excluding hydrogens is 367 g/mol. The number of fused-ring (bicyclic) bond motifs is 3. The summed E-state index contributed by atoms with van der Waals surface area (Å²) in [7, 11) is 0. The van der Waals surface area contributed by atoms with Crippen molar-refractivity contribution in [2.45, 2.75) is 6.18 Å². The Bertz CT molecular complexity index is 1300. The number of hydrogen-bond donors (Lipinski definition) is 2. The average molecular weight is 379 g/mol. The van der Waals surface area contributed by atoms with Crippen molar-refractivity contribution in [2.75, 3.05) is 0 Å². The zero-order chi connectivity index (χ0) is 19.3. The lowest BCUT2D eigenvalue weighted by Crippen LogP contribution is -2.07. The van der Waals surface area contributed by atoms with Crippen LogP contribution in [0.25, 0.3) is 44.3 Å². The molecule has 0 spiro atoms. The van der Waals surface area contributed by atoms with Gasteiger partial charge in [-0.1, -0.05) is 30.3 Å². The number of H-pyrrole nitrogens is 2. The fourth-order valence-electron chi connectivity index (χ4n) is 3.41. The number of pyridine rings is 1. The molecule has 5 nitrogen and oxygen atoms in total. The fourth-order valence-corrected chi connectivity index (χ4v) is 3.41. The van der Waals surface area contributed by atoms with Gasteiger partial charge in [0.05, 0.1) is 34.1 Å². The van der Waals surface area contributed by atoms with Gasteiger partial charge >= 0.3 is 6.18 Å². The van der Waals surface area contributed by atoms with E-state index in [9.17, 15) is 13.2 Å². The van der Waals surface area contributed by atoms with Crippen molar-refractivity contribution in [1.29, 1.82) is 0 Å². The van der Waals surface area contributed by atoms with Crippen molar-refractivity contribution >= 4 is 21.9 Å². The Morgan fingerprint density at radius 2 is 1.75 bits per heavy atom. The maximum atomic E-state index is 13.3. The Hall–Kier alpha value is -3.68. The van der Waals surface area contributed by atoms with E-state index >= 15 is 0 Å². The standard InChI is InChI=1S/C20H12F3N5/c21-20(22,23)19-13(9-26-28-19)16-8-12(11-4-2-1-3-5-11)17-14(27-16)6-7-15-18(17)25-10-24-15/h1-10H,(H,24,25)(H,26,28). The number of hydrogen-bond acceptors (Lipinski definition) is 3. The van der Waals surface area contributed by atoms with Crippen molar-refractivity contribution in [3.63, 3.8) is 0 Å². The van der Waals surface area contributed by atoms with Crippen LogP contribution < -0.4 is 0 Å². The van der Waals surface area contributed by atoms with Gasteiger partial charge in [0, 0.05) is 11.6 Å². The van der Waals surface area contributed by atoms with Gasteiger partial charge < -0.3 is 4.98 Å². The lowest BCUT2D eigenvalue weighted by atomic mass is 9.97. The van der Waals surface area contributed by atoms with Crippen LogP contribution in [0.1, 0.15) is 5.69 Å². The Balaban J connectivity index is 1.87. The van der Waals surface area contributed by atoms with Gasteiger partial charge in [-0.3, -0.25) is 5.10 Å². The molecular formula is C20H12F3N5. The number of rotatable bonds is 2. The van der Waals surface area contributed by atoms with Crippen LogP contribution in [0.5, 0.6) is 0 Å². The first kappa shape index (κ1) is 16.5. The minimum Gasteiger partial charge on any atom is -0.345 e. The number of benzene rings is 2. The normalized spacial score (nSPS) is 12.1. The summed E-state index contributed by atoms with van der Waals surface area (Å²) >= 11 is 0. The maximum absolute atomic E-state index is 13.3. The zero-order valence-corrected chi connectivity index (χ0v) is 14.2. The van der Waals surface area contributed by atoms with Gasteiger partial charge in [-0.25, -0.2) is 9.97 Å². The summed E-state index contributed by atoms with van der Waals surface area (Å²) in [6.45, 7) is 0. The van der Waals surface area contributed by atoms with Crippen LogP contribution in [-0.4, -0.2) is 25.1 Å². The molecule has 0 bridgehead atoms. The fraction of sp³-hybridized carbons (Fsp3) is 0.0500. The molecule has 8 heteroatoms. The summed E-state index contributed by atoms with van der Waals surface area (Å²) < 4.78 is 40.0. The highest BCUT2D eigenvalue weighted by Crippen LogP contribution is 2.39. The predicted octanol–water partition coefficient (Wildman–Crippen LogP) is 5.19. The molecule has 0 saturated heterocycles. The number of nitrogens with one attached hydrogen (secondary N) is 2. The van der Waals surface area contributed by atoms with Crippen molar-refractivity contribution in [1.82, 2.24) is 25.1 Å². The second kappa shape index (κ2) is 5.91. The third kappa shape index (κ3) is 2.53. The molecule has 0 fully saturated rings. The van der Waals surface area contributed by atoms with E-state index in [-0.39, 0.29) is 11.3 Å². The summed E-state index contributed by atoms with van der Waals surface area (Å²) in [6, 6.07) is 14.7. The van der Waals surface area contributed by atoms with Crippen LogP contribution in [0.15, 0.2) is 61.1 Å². The first-order valence-corrected chi connectivity index (χ1v) is 8.46. The summed E-state index contributed by atoms with van der Waals surface area (Å²) in [5.41, 5.74) is 2.86. The van der Waals surface area contributed by atoms with Gasteiger partial charge in [0.1, 0.15) is 0 Å². The Labute approximate surface area is 156 Å². The highest BCUT2D eigenvalue weighted by molar-refractivity contribution is 6.11. The Morgan fingerprint density at radius 3 is 2.54 bits per heavy atom. The van der Waals surface area contributed by atoms with E-state index in [1.165, 1.54) is 6.20 Å². The average Bonchev–Trinajstić information content (AvgIpc) is 3.36. The van der Waals surface area contributed by atoms with Crippen LogP contribution in [0.2, 0.25) is 0 Å². The Kier molecular flexibility index (Phi) is 3.48. The quantitative estimate of drug-likeness (QED) is 0.444. The second-order valence-corrected chi connectivity index (χ2v) is 6.32. The molecule has 0 saturated carbocycles. The van der Waals surface area contributed by atoms with Crippen LogP contribution in [0, 0.1) is 0 Å². The second-order valence-electron chi connectivity index (χ2n) is 6.32. The summed E-state index contributed by atoms with van der Waals surface area (Å²) in [6.07, 6.45) is -1.77. The molecule has 138 valence electrons. The Morgan fingerprint density at radius 1 is 0.929 bits per heavy atom. The third-order valence-electron chi connectivity index (χ3n) is 4.63. The minimum atomic E-state index is -4.58. The number of nitrogens with zero attached hydrogens (tertiary/aromatic N) is 3. The molecule has 3 aromatic heterocycles. The van der Waals surface area contributed by atoms with E-state index in [1.54, 1.807) is 18.5 Å². The van der Waals surface area contributed by atoms with Gasteiger partial charge in [0.2, 0.25) is 0 Å². The zero-order valence-electron chi connectivity index (χ0n) is 14.2. The van der Waals surface area contributed by atoms with Gasteiger partial charge in [0.15, 0.2) is 5.69 Å². The summed E-state index contributed by atoms with van der Waals surface area (Å²) in [4.78, 5) is 11.9. The molecule has 0 aliphatic rings. The van der Waals surface area contributed by atoms with Crippen molar-refractivity contribution in [3.8, 4) is 22.4 Å². The lowest BCUT2D eigenvalue weighted by Gasteiger charge is -2.12. The minimum absolute atomic E-state index is 0.0892. The number of imidazole rings is 1. The molecule has 0 amide bonds. The summed E-state index contributed by atoms with van der Waals surface area (Å²) in [5.74, 6) is 0. The molecule has 0 radical (unpaired) electrons. The SMILES string of the molecule is FC(F)(F)c1n[nH]cc1-c1cc(-c2ccccc2)c2c(ccc3[nH]cnc32)n1. The van der Waals surface area contributed by atoms with Crippen molar-refractivity contribution < 1.29 is 13.2 Å². The predicted molar refractivity (Wildman–Crippen MR) is 99.4 cm³/mol. The van der Waals surface area contributed by atoms with E-state index in [4.69, 9.17) is 0 Å². The molecule has 0 atom stereocenters. The van der Waals surface area contributed by atoms with Gasteiger partial charge in [-0.2, -0.15) is 18.3 Å². The topological polar surface area (TPSA) is 70.2 Å². The molecule has 2 aromatic carbocycles. The number of halogens is 3. The van der Waals surface area contributed by atoms with E-state index in [1.807, 2.05) is 36.4 Å². The van der Waals surface area contributed by atoms with Crippen molar-refractivity contribution in [3.05, 3.63) is 66.7 Å². The molecule has 2 N–H and O–H groups in total. The van der Waals surface area contributed by atoms with Crippen LogP contribution in [0.4, 0.5) is 13.2 Å². The van der Waals surface area contributed by atoms with Crippen molar-refractivity contribution in [2.24, 2.45) is 0 Å². The van der Waals surface area contributed by atoms with Gasteiger partial charge in [-0.15, -0.1) is 0 Å². The third-order valence-corrected chi connectivity index (χ3v) is 4.63. The molecule has 28 heavy (non-hydrogen) atoms. The maximum Gasteiger partial charge on any atom is 0.435 e. The summed E-state index contributed by atoms with van der Waals surface area (Å²) in [5, 5.41) is 6.47. The van der Waals surface area contributed by atoms with Crippen LogP contribution in [0.3, 0.4) is 0 Å². The van der Waals surface area contributed by atoms with Gasteiger partial charge in [0.25, 0.3) is 0 Å². The highest BCUT2D eigenvalue weighted by Gasteiger charge is 2.37. The van der Waals surface area contributed by atoms with Crippen LogP contribution >= 0.6 is 0 Å². The van der Waals surface area contributed by atoms with E-state index in [0.29, 0.717) is 5.52 Å². The van der Waals surface area contributed by atoms with E-state index < -0.39 is 11.9 Å². The molecule has 5 aromatic rings.